The number of nitrogens with one attached hydrogen (secondary N) is 1. The third-order valence-corrected chi connectivity index (χ3v) is 8.34. The molecule has 10 nitrogen and oxygen atoms in total. The van der Waals surface area contributed by atoms with Crippen molar-refractivity contribution >= 4 is 11.7 Å². The summed E-state index contributed by atoms with van der Waals surface area (Å²) in [6.07, 6.45) is 0.725. The number of hydrogen-bond donors (Lipinski definition) is 2. The second-order valence-corrected chi connectivity index (χ2v) is 11.2. The van der Waals surface area contributed by atoms with E-state index in [0.717, 1.165) is 28.2 Å². The van der Waals surface area contributed by atoms with E-state index in [2.05, 4.69) is 10.3 Å². The Hall–Kier alpha value is -5.29. The minimum Gasteiger partial charge on any atom is -0.497 e. The van der Waals surface area contributed by atoms with Crippen molar-refractivity contribution in [1.29, 1.82) is 0 Å². The Morgan fingerprint density at radius 1 is 0.851 bits per heavy atom. The molecule has 0 aliphatic carbocycles. The fourth-order valence-corrected chi connectivity index (χ4v) is 5.85. The highest BCUT2D eigenvalue weighted by Crippen LogP contribution is 2.42. The first-order valence-electron chi connectivity index (χ1n) is 15.3. The number of benzene rings is 4. The fourth-order valence-electron chi connectivity index (χ4n) is 5.85. The standard InChI is InChI=1S/C37H36N4O6/c1-44-29-17-13-27(14-18-29)37(26-11-7-4-8-12-26,28-15-19-30(45-2)20-16-28)46-24-32-31(38)23-34(47-32)41-22-21-33(40-36(41)43)39-35(42)25-9-5-3-6-10-25/h3-22,31-32,34H,23-24,38H2,1-2H3,(H,39,40,42,43)/t31-,32+,34+/m0/s1. The second kappa shape index (κ2) is 14.0. The Morgan fingerprint density at radius 3 is 1.96 bits per heavy atom. The summed E-state index contributed by atoms with van der Waals surface area (Å²) in [5.74, 6) is 1.23. The van der Waals surface area contributed by atoms with E-state index in [1.807, 2.05) is 84.9 Å². The van der Waals surface area contributed by atoms with Gasteiger partial charge < -0.3 is 30.0 Å². The first-order chi connectivity index (χ1) is 22.9. The van der Waals surface area contributed by atoms with Crippen LogP contribution in [0.4, 0.5) is 5.82 Å². The van der Waals surface area contributed by atoms with Crippen LogP contribution in [0.5, 0.6) is 11.5 Å². The molecule has 5 aromatic rings. The molecular weight excluding hydrogens is 596 g/mol. The van der Waals surface area contributed by atoms with Crippen molar-refractivity contribution in [2.24, 2.45) is 5.73 Å². The van der Waals surface area contributed by atoms with Crippen molar-refractivity contribution in [3.05, 3.63) is 154 Å². The van der Waals surface area contributed by atoms with Gasteiger partial charge in [-0.25, -0.2) is 4.79 Å². The van der Waals surface area contributed by atoms with Gasteiger partial charge in [-0.1, -0.05) is 72.8 Å². The van der Waals surface area contributed by atoms with Gasteiger partial charge in [-0.05, 0) is 59.2 Å². The molecule has 0 spiro atoms. The van der Waals surface area contributed by atoms with E-state index in [-0.39, 0.29) is 18.3 Å². The Labute approximate surface area is 272 Å². The van der Waals surface area contributed by atoms with Crippen LogP contribution < -0.4 is 26.2 Å². The van der Waals surface area contributed by atoms with Crippen LogP contribution in [-0.4, -0.2) is 48.4 Å². The SMILES string of the molecule is COc1ccc(C(OC[C@H]2O[C@@H](n3ccc(NC(=O)c4ccccc4)nc3=O)C[C@@H]2N)(c2ccccc2)c2ccc(OC)cc2)cc1. The quantitative estimate of drug-likeness (QED) is 0.192. The molecule has 1 fully saturated rings. The maximum absolute atomic E-state index is 13.1. The van der Waals surface area contributed by atoms with Crippen LogP contribution in [0.3, 0.4) is 0 Å². The molecule has 6 rings (SSSR count). The zero-order valence-electron chi connectivity index (χ0n) is 26.1. The van der Waals surface area contributed by atoms with Gasteiger partial charge in [0.05, 0.1) is 26.9 Å². The average Bonchev–Trinajstić information content (AvgIpc) is 3.49. The van der Waals surface area contributed by atoms with Gasteiger partial charge in [0.1, 0.15) is 29.1 Å². The topological polar surface area (TPSA) is 127 Å². The zero-order valence-corrected chi connectivity index (χ0v) is 26.1. The van der Waals surface area contributed by atoms with Crippen LogP contribution >= 0.6 is 0 Å². The van der Waals surface area contributed by atoms with Gasteiger partial charge in [0, 0.05) is 24.2 Å². The minimum absolute atomic E-state index is 0.123. The predicted molar refractivity (Wildman–Crippen MR) is 178 cm³/mol. The normalized spacial score (nSPS) is 17.6. The number of hydrogen-bond acceptors (Lipinski definition) is 8. The first-order valence-corrected chi connectivity index (χ1v) is 15.3. The molecule has 3 N–H and O–H groups in total. The number of rotatable bonds is 11. The number of carbonyl (C=O) groups is 1. The largest absolute Gasteiger partial charge is 0.497 e. The summed E-state index contributed by atoms with van der Waals surface area (Å²) >= 11 is 0. The van der Waals surface area contributed by atoms with E-state index in [1.54, 1.807) is 50.7 Å². The number of aromatic nitrogens is 2. The van der Waals surface area contributed by atoms with Gasteiger partial charge in [0.15, 0.2) is 0 Å². The first kappa shape index (κ1) is 31.7. The maximum Gasteiger partial charge on any atom is 0.351 e. The molecule has 0 bridgehead atoms. The summed E-state index contributed by atoms with van der Waals surface area (Å²) in [5.41, 5.74) is 8.13. The molecule has 0 saturated carbocycles. The molecule has 1 aromatic heterocycles. The van der Waals surface area contributed by atoms with Gasteiger partial charge in [0.2, 0.25) is 0 Å². The minimum atomic E-state index is -1.04. The summed E-state index contributed by atoms with van der Waals surface area (Å²) in [6, 6.07) is 35.3. The van der Waals surface area contributed by atoms with Gasteiger partial charge in [0.25, 0.3) is 5.91 Å². The van der Waals surface area contributed by atoms with Crippen LogP contribution in [-0.2, 0) is 15.1 Å². The van der Waals surface area contributed by atoms with Crippen LogP contribution in [0, 0.1) is 0 Å². The lowest BCUT2D eigenvalue weighted by Crippen LogP contribution is -2.40. The molecule has 0 unspecified atom stereocenters. The van der Waals surface area contributed by atoms with Crippen molar-refractivity contribution in [1.82, 2.24) is 9.55 Å². The molecule has 1 saturated heterocycles. The number of methoxy groups -OCH3 is 2. The van der Waals surface area contributed by atoms with Crippen molar-refractivity contribution < 1.29 is 23.7 Å². The molecule has 47 heavy (non-hydrogen) atoms. The number of amides is 1. The summed E-state index contributed by atoms with van der Waals surface area (Å²) in [4.78, 5) is 29.7. The summed E-state index contributed by atoms with van der Waals surface area (Å²) < 4.78 is 25.6. The molecular formula is C37H36N4O6. The number of nitrogens with two attached hydrogens (primary N) is 1. The van der Waals surface area contributed by atoms with E-state index in [1.165, 1.54) is 4.57 Å². The summed E-state index contributed by atoms with van der Waals surface area (Å²) in [6.45, 7) is 0.123. The number of nitrogens with zero attached hydrogens (tertiary/aromatic N) is 2. The molecule has 1 aliphatic rings. The molecule has 1 amide bonds. The van der Waals surface area contributed by atoms with Crippen molar-refractivity contribution in [2.45, 2.75) is 30.4 Å². The van der Waals surface area contributed by atoms with Crippen molar-refractivity contribution in [3.8, 4) is 11.5 Å². The Balaban J connectivity index is 1.26. The van der Waals surface area contributed by atoms with Crippen LogP contribution in [0.15, 0.2) is 126 Å². The number of carbonyl (C=O) groups excluding carboxylic acids is 1. The van der Waals surface area contributed by atoms with Gasteiger partial charge >= 0.3 is 5.69 Å². The van der Waals surface area contributed by atoms with Gasteiger partial charge in [-0.3, -0.25) is 9.36 Å². The lowest BCUT2D eigenvalue weighted by Gasteiger charge is -2.37. The maximum atomic E-state index is 13.1. The zero-order chi connectivity index (χ0) is 32.8. The van der Waals surface area contributed by atoms with E-state index >= 15 is 0 Å². The smallest absolute Gasteiger partial charge is 0.351 e. The van der Waals surface area contributed by atoms with E-state index in [4.69, 9.17) is 24.7 Å². The lowest BCUT2D eigenvalue weighted by molar-refractivity contribution is -0.0796. The number of anilines is 1. The average molecular weight is 633 g/mol. The Kier molecular flexibility index (Phi) is 9.44. The van der Waals surface area contributed by atoms with Gasteiger partial charge in [-0.2, -0.15) is 4.98 Å². The van der Waals surface area contributed by atoms with Gasteiger partial charge in [-0.15, -0.1) is 0 Å². The predicted octanol–water partition coefficient (Wildman–Crippen LogP) is 5.14. The molecule has 240 valence electrons. The third kappa shape index (κ3) is 6.66. The highest BCUT2D eigenvalue weighted by Gasteiger charge is 2.41. The summed E-state index contributed by atoms with van der Waals surface area (Å²) in [5, 5.41) is 2.67. The van der Waals surface area contributed by atoms with Crippen molar-refractivity contribution in [2.75, 3.05) is 26.1 Å². The molecule has 10 heteroatoms. The molecule has 4 aromatic carbocycles. The highest BCUT2D eigenvalue weighted by atomic mass is 16.6. The third-order valence-electron chi connectivity index (χ3n) is 8.34. The Bertz CT molecular complexity index is 1800. The lowest BCUT2D eigenvalue weighted by atomic mass is 9.80. The van der Waals surface area contributed by atoms with Crippen LogP contribution in [0.2, 0.25) is 0 Å². The second-order valence-electron chi connectivity index (χ2n) is 11.2. The molecule has 2 heterocycles. The van der Waals surface area contributed by atoms with Crippen LogP contribution in [0.1, 0.15) is 39.7 Å². The Morgan fingerprint density at radius 2 is 1.40 bits per heavy atom. The number of ether oxygens (including phenoxy) is 4. The molecule has 3 atom stereocenters. The van der Waals surface area contributed by atoms with E-state index in [0.29, 0.717) is 12.0 Å². The van der Waals surface area contributed by atoms with Crippen LogP contribution in [0.25, 0.3) is 0 Å². The highest BCUT2D eigenvalue weighted by molar-refractivity contribution is 6.03. The molecule has 1 aliphatic heterocycles. The fraction of sp³-hybridized carbons (Fsp3) is 0.216. The van der Waals surface area contributed by atoms with E-state index in [9.17, 15) is 9.59 Å². The monoisotopic (exact) mass is 632 g/mol. The van der Waals surface area contributed by atoms with Crippen molar-refractivity contribution in [3.63, 3.8) is 0 Å². The van der Waals surface area contributed by atoms with E-state index < -0.39 is 29.7 Å². The summed E-state index contributed by atoms with van der Waals surface area (Å²) in [7, 11) is 3.26. The molecule has 0 radical (unpaired) electrons.